The summed E-state index contributed by atoms with van der Waals surface area (Å²) in [5.74, 6) is 1.33. The van der Waals surface area contributed by atoms with Gasteiger partial charge in [-0.3, -0.25) is 0 Å². The number of rotatable bonds is 4. The van der Waals surface area contributed by atoms with Crippen molar-refractivity contribution in [3.05, 3.63) is 35.0 Å². The molecule has 3 aromatic heterocycles. The summed E-state index contributed by atoms with van der Waals surface area (Å²) in [7, 11) is 1.40. The number of hydrogen-bond acceptors (Lipinski definition) is 6. The third kappa shape index (κ3) is 3.09. The van der Waals surface area contributed by atoms with Crippen LogP contribution in [0.2, 0.25) is 0 Å². The van der Waals surface area contributed by atoms with Crippen molar-refractivity contribution < 1.29 is 18.3 Å². The SMILES string of the molecule is COc1cc(-c2nc3c4c5c(sc4ncn3n2)C[C@H](C)CC5)ccc1OC(F)F. The molecule has 0 saturated carbocycles. The second kappa shape index (κ2) is 6.91. The summed E-state index contributed by atoms with van der Waals surface area (Å²) in [6.07, 6.45) is 4.93. The van der Waals surface area contributed by atoms with E-state index in [1.807, 2.05) is 0 Å². The molecule has 0 bridgehead atoms. The summed E-state index contributed by atoms with van der Waals surface area (Å²) < 4.78 is 36.5. The molecule has 0 fully saturated rings. The van der Waals surface area contributed by atoms with Gasteiger partial charge in [-0.1, -0.05) is 6.92 Å². The molecule has 5 rings (SSSR count). The minimum atomic E-state index is -2.92. The van der Waals surface area contributed by atoms with Crippen LogP contribution in [0.5, 0.6) is 11.5 Å². The molecule has 1 aliphatic rings. The van der Waals surface area contributed by atoms with Gasteiger partial charge in [-0.2, -0.15) is 8.78 Å². The van der Waals surface area contributed by atoms with E-state index in [9.17, 15) is 8.78 Å². The summed E-state index contributed by atoms with van der Waals surface area (Å²) in [6, 6.07) is 4.68. The molecule has 29 heavy (non-hydrogen) atoms. The van der Waals surface area contributed by atoms with Gasteiger partial charge in [-0.05, 0) is 48.9 Å². The first-order valence-electron chi connectivity index (χ1n) is 9.32. The van der Waals surface area contributed by atoms with E-state index >= 15 is 0 Å². The van der Waals surface area contributed by atoms with Gasteiger partial charge < -0.3 is 9.47 Å². The van der Waals surface area contributed by atoms with Crippen LogP contribution < -0.4 is 9.47 Å². The number of methoxy groups -OCH3 is 1. The Kier molecular flexibility index (Phi) is 4.34. The molecule has 0 saturated heterocycles. The Bertz CT molecular complexity index is 1220. The first-order valence-corrected chi connectivity index (χ1v) is 10.1. The molecule has 9 heteroatoms. The predicted octanol–water partition coefficient (Wildman–Crippen LogP) is 4.74. The van der Waals surface area contributed by atoms with Gasteiger partial charge >= 0.3 is 6.61 Å². The molecular weight excluding hydrogens is 398 g/mol. The molecule has 4 aromatic rings. The molecule has 0 N–H and O–H groups in total. The molecule has 0 aliphatic heterocycles. The van der Waals surface area contributed by atoms with E-state index in [0.29, 0.717) is 17.3 Å². The maximum atomic E-state index is 12.6. The van der Waals surface area contributed by atoms with Crippen molar-refractivity contribution in [1.82, 2.24) is 19.6 Å². The lowest BCUT2D eigenvalue weighted by Gasteiger charge is -2.17. The van der Waals surface area contributed by atoms with Crippen LogP contribution in [0.25, 0.3) is 27.3 Å². The van der Waals surface area contributed by atoms with Crippen LogP contribution in [0.4, 0.5) is 8.78 Å². The van der Waals surface area contributed by atoms with Crippen LogP contribution in [0.15, 0.2) is 24.5 Å². The Morgan fingerprint density at radius 2 is 2.14 bits per heavy atom. The maximum Gasteiger partial charge on any atom is 0.387 e. The molecule has 1 aromatic carbocycles. The Labute approximate surface area is 169 Å². The summed E-state index contributed by atoms with van der Waals surface area (Å²) in [6.45, 7) is -0.643. The largest absolute Gasteiger partial charge is 0.493 e. The van der Waals surface area contributed by atoms with Crippen LogP contribution in [0, 0.1) is 5.92 Å². The zero-order chi connectivity index (χ0) is 20.1. The third-order valence-corrected chi connectivity index (χ3v) is 6.43. The molecule has 150 valence electrons. The lowest BCUT2D eigenvalue weighted by atomic mass is 9.89. The van der Waals surface area contributed by atoms with Crippen molar-refractivity contribution in [3.8, 4) is 22.9 Å². The monoisotopic (exact) mass is 416 g/mol. The zero-order valence-electron chi connectivity index (χ0n) is 15.9. The van der Waals surface area contributed by atoms with Gasteiger partial charge in [0, 0.05) is 10.4 Å². The van der Waals surface area contributed by atoms with Gasteiger partial charge in [-0.25, -0.2) is 14.5 Å². The van der Waals surface area contributed by atoms with E-state index < -0.39 is 6.61 Å². The van der Waals surface area contributed by atoms with Gasteiger partial charge in [0.2, 0.25) is 0 Å². The van der Waals surface area contributed by atoms with E-state index in [2.05, 4.69) is 21.7 Å². The predicted molar refractivity (Wildman–Crippen MR) is 106 cm³/mol. The fourth-order valence-electron chi connectivity index (χ4n) is 3.86. The smallest absolute Gasteiger partial charge is 0.387 e. The highest BCUT2D eigenvalue weighted by Gasteiger charge is 2.24. The lowest BCUT2D eigenvalue weighted by Crippen LogP contribution is -2.08. The van der Waals surface area contributed by atoms with Crippen LogP contribution in [-0.2, 0) is 12.8 Å². The number of halogens is 2. The first kappa shape index (κ1) is 18.2. The van der Waals surface area contributed by atoms with Gasteiger partial charge in [-0.15, -0.1) is 16.4 Å². The Morgan fingerprint density at radius 3 is 2.93 bits per heavy atom. The average Bonchev–Trinajstić information content (AvgIpc) is 3.28. The number of aryl methyl sites for hydroxylation is 1. The number of ether oxygens (including phenoxy) is 2. The second-order valence-corrected chi connectivity index (χ2v) is 8.31. The minimum absolute atomic E-state index is 0.0277. The number of nitrogens with zero attached hydrogens (tertiary/aromatic N) is 4. The molecule has 0 radical (unpaired) electrons. The normalized spacial score (nSPS) is 16.5. The molecule has 0 unspecified atom stereocenters. The first-order chi connectivity index (χ1) is 14.0. The molecule has 1 atom stereocenters. The highest BCUT2D eigenvalue weighted by Crippen LogP contribution is 2.39. The molecular formula is C20H18F2N4O2S. The topological polar surface area (TPSA) is 61.5 Å². The van der Waals surface area contributed by atoms with Crippen molar-refractivity contribution in [2.75, 3.05) is 7.11 Å². The number of thiophene rings is 1. The van der Waals surface area contributed by atoms with Crippen LogP contribution in [0.3, 0.4) is 0 Å². The van der Waals surface area contributed by atoms with E-state index in [1.165, 1.54) is 23.6 Å². The fraction of sp³-hybridized carbons (Fsp3) is 0.350. The van der Waals surface area contributed by atoms with Crippen molar-refractivity contribution in [2.24, 2.45) is 5.92 Å². The van der Waals surface area contributed by atoms with Gasteiger partial charge in [0.25, 0.3) is 0 Å². The molecule has 0 spiro atoms. The second-order valence-electron chi connectivity index (χ2n) is 7.22. The number of aromatic nitrogens is 4. The van der Waals surface area contributed by atoms with Crippen LogP contribution in [0.1, 0.15) is 23.8 Å². The van der Waals surface area contributed by atoms with Crippen molar-refractivity contribution in [1.29, 1.82) is 0 Å². The molecule has 0 amide bonds. The number of benzene rings is 1. The van der Waals surface area contributed by atoms with Crippen molar-refractivity contribution in [3.63, 3.8) is 0 Å². The lowest BCUT2D eigenvalue weighted by molar-refractivity contribution is -0.0512. The van der Waals surface area contributed by atoms with Crippen LogP contribution in [-0.4, -0.2) is 33.3 Å². The van der Waals surface area contributed by atoms with Gasteiger partial charge in [0.1, 0.15) is 11.2 Å². The average molecular weight is 416 g/mol. The van der Waals surface area contributed by atoms with Crippen LogP contribution >= 0.6 is 11.3 Å². The Morgan fingerprint density at radius 1 is 1.28 bits per heavy atom. The number of hydrogen-bond donors (Lipinski definition) is 0. The summed E-state index contributed by atoms with van der Waals surface area (Å²) in [4.78, 5) is 11.7. The number of alkyl halides is 2. The Hall–Kier alpha value is -2.81. The van der Waals surface area contributed by atoms with Crippen molar-refractivity contribution in [2.45, 2.75) is 32.8 Å². The van der Waals surface area contributed by atoms with Gasteiger partial charge in [0.15, 0.2) is 23.0 Å². The van der Waals surface area contributed by atoms with Crippen molar-refractivity contribution >= 4 is 27.2 Å². The van der Waals surface area contributed by atoms with E-state index in [1.54, 1.807) is 34.3 Å². The summed E-state index contributed by atoms with van der Waals surface area (Å²) in [5, 5.41) is 5.62. The fourth-order valence-corrected chi connectivity index (χ4v) is 5.21. The summed E-state index contributed by atoms with van der Waals surface area (Å²) >= 11 is 1.74. The van der Waals surface area contributed by atoms with E-state index in [4.69, 9.17) is 9.72 Å². The standard InChI is InChI=1S/C20H18F2N4O2S/c1-10-3-5-12-15(7-10)29-19-16(12)18-24-17(25-26(18)9-23-19)11-4-6-13(28-20(21)22)14(8-11)27-2/h4,6,8-10,20H,3,5,7H2,1-2H3/t10-/m1/s1. The molecule has 6 nitrogen and oxygen atoms in total. The highest BCUT2D eigenvalue weighted by atomic mass is 32.1. The minimum Gasteiger partial charge on any atom is -0.493 e. The molecule has 3 heterocycles. The van der Waals surface area contributed by atoms with Gasteiger partial charge in [0.05, 0.1) is 12.5 Å². The van der Waals surface area contributed by atoms with E-state index in [0.717, 1.165) is 35.1 Å². The molecule has 1 aliphatic carbocycles. The zero-order valence-corrected chi connectivity index (χ0v) is 16.7. The number of fused-ring (bicyclic) bond motifs is 5. The summed E-state index contributed by atoms with van der Waals surface area (Å²) in [5.41, 5.74) is 2.75. The van der Waals surface area contributed by atoms with E-state index in [-0.39, 0.29) is 11.5 Å². The Balaban J connectivity index is 1.62. The third-order valence-electron chi connectivity index (χ3n) is 5.27. The highest BCUT2D eigenvalue weighted by molar-refractivity contribution is 7.19. The maximum absolute atomic E-state index is 12.6. The quantitative estimate of drug-likeness (QED) is 0.481.